The number of hydrogen-bond donors (Lipinski definition) is 1. The second-order valence-electron chi connectivity index (χ2n) is 11.6. The van der Waals surface area contributed by atoms with Gasteiger partial charge in [-0.2, -0.15) is 5.10 Å². The van der Waals surface area contributed by atoms with Gasteiger partial charge in [0.25, 0.3) is 5.91 Å². The lowest BCUT2D eigenvalue weighted by molar-refractivity contribution is -0.142. The molecule has 1 fully saturated rings. The van der Waals surface area contributed by atoms with E-state index in [9.17, 15) is 22.8 Å². The van der Waals surface area contributed by atoms with E-state index in [4.69, 9.17) is 33.7 Å². The number of sulfone groups is 1. The van der Waals surface area contributed by atoms with Gasteiger partial charge in [0.2, 0.25) is 5.91 Å². The lowest BCUT2D eigenvalue weighted by Crippen LogP contribution is -2.48. The van der Waals surface area contributed by atoms with E-state index in [1.165, 1.54) is 58.4 Å². The number of hydrogen-bond acceptors (Lipinski definition) is 7. The monoisotopic (exact) mass is 684 g/mol. The molecule has 4 aromatic rings. The number of ketones is 1. The molecule has 1 aliphatic carbocycles. The van der Waals surface area contributed by atoms with Crippen LogP contribution in [0, 0.1) is 11.2 Å². The highest BCUT2D eigenvalue weighted by Crippen LogP contribution is 2.52. The molecule has 0 spiro atoms. The largest absolute Gasteiger partial charge is 0.369 e. The van der Waals surface area contributed by atoms with Crippen LogP contribution < -0.4 is 5.73 Å². The summed E-state index contributed by atoms with van der Waals surface area (Å²) < 4.78 is 50.3. The topological polar surface area (TPSA) is 142 Å². The number of amides is 2. The summed E-state index contributed by atoms with van der Waals surface area (Å²) in [4.78, 5) is 41.3. The predicted molar refractivity (Wildman–Crippen MR) is 167 cm³/mol. The van der Waals surface area contributed by atoms with Crippen LogP contribution in [0.3, 0.4) is 0 Å². The van der Waals surface area contributed by atoms with E-state index in [0.29, 0.717) is 17.9 Å². The number of rotatable bonds is 10. The van der Waals surface area contributed by atoms with Crippen molar-refractivity contribution in [2.45, 2.75) is 30.0 Å². The van der Waals surface area contributed by atoms with Crippen molar-refractivity contribution in [2.24, 2.45) is 18.2 Å². The normalized spacial score (nSPS) is 18.5. The van der Waals surface area contributed by atoms with Gasteiger partial charge in [-0.05, 0) is 54.8 Å². The molecule has 46 heavy (non-hydrogen) atoms. The molecule has 1 atom stereocenters. The average molecular weight is 686 g/mol. The SMILES string of the molecule is Cn1cc(C(=O)c2cc(F)c3c(c2)C(=O)N(Cc2ccc(Cl)cc2S(C)(=O)=O)C3(OCC2(C(N)=O)CC2)c2ccc(Cl)cc2)cn1. The highest BCUT2D eigenvalue weighted by atomic mass is 35.5. The van der Waals surface area contributed by atoms with Gasteiger partial charge in [-0.1, -0.05) is 41.4 Å². The first-order valence-electron chi connectivity index (χ1n) is 14.0. The molecule has 2 aliphatic rings. The summed E-state index contributed by atoms with van der Waals surface area (Å²) in [5.74, 6) is -2.85. The van der Waals surface area contributed by atoms with Crippen molar-refractivity contribution in [3.05, 3.63) is 116 Å². The van der Waals surface area contributed by atoms with Crippen LogP contribution in [-0.2, 0) is 38.7 Å². The van der Waals surface area contributed by atoms with Gasteiger partial charge in [-0.3, -0.25) is 24.0 Å². The Bertz CT molecular complexity index is 2050. The second kappa shape index (κ2) is 11.3. The Balaban J connectivity index is 1.59. The van der Waals surface area contributed by atoms with Crippen LogP contribution in [-0.4, -0.2) is 53.6 Å². The quantitative estimate of drug-likeness (QED) is 0.240. The molecule has 0 bridgehead atoms. The predicted octanol–water partition coefficient (Wildman–Crippen LogP) is 4.64. The number of nitrogens with two attached hydrogens (primary N) is 1. The van der Waals surface area contributed by atoms with Crippen molar-refractivity contribution in [1.82, 2.24) is 14.7 Å². The maximum Gasteiger partial charge on any atom is 0.257 e. The fourth-order valence-corrected chi connectivity index (χ4v) is 7.11. The van der Waals surface area contributed by atoms with E-state index < -0.39 is 44.4 Å². The fourth-order valence-electron chi connectivity index (χ4n) is 5.80. The van der Waals surface area contributed by atoms with E-state index >= 15 is 4.39 Å². The van der Waals surface area contributed by atoms with Crippen molar-refractivity contribution in [2.75, 3.05) is 12.9 Å². The van der Waals surface area contributed by atoms with Gasteiger partial charge in [-0.25, -0.2) is 12.8 Å². The van der Waals surface area contributed by atoms with Crippen LogP contribution in [0.1, 0.15) is 55.8 Å². The van der Waals surface area contributed by atoms with Gasteiger partial charge < -0.3 is 10.5 Å². The molecule has 0 saturated heterocycles. The molecule has 2 N–H and O–H groups in total. The van der Waals surface area contributed by atoms with Gasteiger partial charge in [0.15, 0.2) is 21.3 Å². The molecule has 0 radical (unpaired) electrons. The van der Waals surface area contributed by atoms with Gasteiger partial charge >= 0.3 is 0 Å². The van der Waals surface area contributed by atoms with E-state index in [0.717, 1.165) is 12.3 Å². The standard InChI is InChI=1S/C32H27Cl2FN4O6S/c1-38-15-20(14-37-38)28(40)19-11-24-27(25(35)12-19)32(21-4-7-22(33)8-5-21,45-17-31(9-10-31)30(36)42)39(29(24)41)16-18-3-6-23(34)13-26(18)46(2,43)44/h3-8,11-15H,9-10,16-17H2,1-2H3,(H2,36,42). The number of benzene rings is 3. The number of carbonyl (C=O) groups excluding carboxylic acids is 3. The fraction of sp³-hybridized carbons (Fsp3) is 0.250. The number of halogens is 3. The molecule has 1 aromatic heterocycles. The Hall–Kier alpha value is -4.10. The van der Waals surface area contributed by atoms with Crippen LogP contribution in [0.25, 0.3) is 0 Å². The summed E-state index contributed by atoms with van der Waals surface area (Å²) in [6.07, 6.45) is 4.65. The third-order valence-electron chi connectivity index (χ3n) is 8.44. The van der Waals surface area contributed by atoms with Crippen molar-refractivity contribution >= 4 is 50.6 Å². The molecule has 3 aromatic carbocycles. The lowest BCUT2D eigenvalue weighted by atomic mass is 9.90. The van der Waals surface area contributed by atoms with Crippen LogP contribution in [0.5, 0.6) is 0 Å². The first kappa shape index (κ1) is 31.9. The van der Waals surface area contributed by atoms with Gasteiger partial charge in [0.05, 0.1) is 46.3 Å². The summed E-state index contributed by atoms with van der Waals surface area (Å²) in [6.45, 7) is -0.659. The van der Waals surface area contributed by atoms with Crippen LogP contribution >= 0.6 is 23.2 Å². The van der Waals surface area contributed by atoms with Crippen LogP contribution in [0.4, 0.5) is 4.39 Å². The summed E-state index contributed by atoms with van der Waals surface area (Å²) in [5.41, 5.74) is 2.77. The molecule has 1 saturated carbocycles. The Morgan fingerprint density at radius 3 is 2.30 bits per heavy atom. The number of carbonyl (C=O) groups is 3. The summed E-state index contributed by atoms with van der Waals surface area (Å²) in [5, 5.41) is 4.51. The van der Waals surface area contributed by atoms with E-state index in [-0.39, 0.29) is 56.5 Å². The molecule has 6 rings (SSSR count). The summed E-state index contributed by atoms with van der Waals surface area (Å²) in [7, 11) is -2.23. The van der Waals surface area contributed by atoms with Gasteiger partial charge in [-0.15, -0.1) is 0 Å². The van der Waals surface area contributed by atoms with Gasteiger partial charge in [0, 0.05) is 40.7 Å². The maximum absolute atomic E-state index is 16.6. The van der Waals surface area contributed by atoms with Crippen LogP contribution in [0.2, 0.25) is 10.0 Å². The summed E-state index contributed by atoms with van der Waals surface area (Å²) in [6, 6.07) is 12.7. The summed E-state index contributed by atoms with van der Waals surface area (Å²) >= 11 is 12.4. The number of nitrogens with zero attached hydrogens (tertiary/aromatic N) is 3. The number of ether oxygens (including phenoxy) is 1. The zero-order chi connectivity index (χ0) is 33.2. The molecule has 238 valence electrons. The first-order chi connectivity index (χ1) is 21.7. The molecule has 1 unspecified atom stereocenters. The molecule has 14 heteroatoms. The smallest absolute Gasteiger partial charge is 0.257 e. The molecule has 1 aliphatic heterocycles. The minimum atomic E-state index is -3.85. The Morgan fingerprint density at radius 2 is 1.72 bits per heavy atom. The van der Waals surface area contributed by atoms with Crippen LogP contribution in [0.15, 0.2) is 71.9 Å². The molecule has 2 amide bonds. The van der Waals surface area contributed by atoms with Crippen molar-refractivity contribution in [3.8, 4) is 0 Å². The zero-order valence-corrected chi connectivity index (χ0v) is 26.9. The molecule has 10 nitrogen and oxygen atoms in total. The van der Waals surface area contributed by atoms with Crippen molar-refractivity contribution in [1.29, 1.82) is 0 Å². The number of primary amides is 1. The minimum Gasteiger partial charge on any atom is -0.369 e. The average Bonchev–Trinajstić information content (AvgIpc) is 3.62. The van der Waals surface area contributed by atoms with Crippen molar-refractivity contribution in [3.63, 3.8) is 0 Å². The third-order valence-corrected chi connectivity index (χ3v) is 10.1. The highest BCUT2D eigenvalue weighted by molar-refractivity contribution is 7.90. The first-order valence-corrected chi connectivity index (χ1v) is 16.7. The Morgan fingerprint density at radius 1 is 1.04 bits per heavy atom. The van der Waals surface area contributed by atoms with E-state index in [1.807, 2.05) is 0 Å². The Labute approximate surface area is 273 Å². The molecular formula is C32H27Cl2FN4O6S. The number of fused-ring (bicyclic) bond motifs is 1. The lowest BCUT2D eigenvalue weighted by Gasteiger charge is -2.40. The zero-order valence-electron chi connectivity index (χ0n) is 24.6. The highest BCUT2D eigenvalue weighted by Gasteiger charge is 2.58. The second-order valence-corrected chi connectivity index (χ2v) is 14.5. The third kappa shape index (κ3) is 5.38. The molecular weight excluding hydrogens is 658 g/mol. The Kier molecular flexibility index (Phi) is 7.83. The van der Waals surface area contributed by atoms with E-state index in [1.54, 1.807) is 19.2 Å². The number of aromatic nitrogens is 2. The number of aryl methyl sites for hydroxylation is 1. The van der Waals surface area contributed by atoms with Gasteiger partial charge in [0.1, 0.15) is 5.82 Å². The maximum atomic E-state index is 16.6. The molecule has 2 heterocycles. The minimum absolute atomic E-state index is 0.108. The van der Waals surface area contributed by atoms with E-state index in [2.05, 4.69) is 5.10 Å². The van der Waals surface area contributed by atoms with Crippen molar-refractivity contribution < 1.29 is 31.9 Å².